The molecule has 0 amide bonds. The van der Waals surface area contributed by atoms with Crippen molar-refractivity contribution in [2.24, 2.45) is 5.92 Å². The lowest BCUT2D eigenvalue weighted by atomic mass is 9.95. The number of aryl methyl sites for hydroxylation is 1. The number of hydrogen-bond donors (Lipinski definition) is 1. The molecule has 0 aliphatic heterocycles. The summed E-state index contributed by atoms with van der Waals surface area (Å²) in [5.41, 5.74) is 2.60. The summed E-state index contributed by atoms with van der Waals surface area (Å²) in [6.07, 6.45) is 1.16. The fraction of sp³-hybridized carbons (Fsp3) is 0.571. The van der Waals surface area contributed by atoms with Crippen LogP contribution in [0.25, 0.3) is 0 Å². The van der Waals surface area contributed by atoms with E-state index in [0.29, 0.717) is 12.0 Å². The maximum atomic E-state index is 3.68. The maximum absolute atomic E-state index is 3.68. The first kappa shape index (κ1) is 15.2. The summed E-state index contributed by atoms with van der Waals surface area (Å²) in [5.74, 6) is 0.576. The van der Waals surface area contributed by atoms with Crippen LogP contribution in [0, 0.1) is 12.8 Å². The largest absolute Gasteiger partial charge is 0.310 e. The van der Waals surface area contributed by atoms with Crippen molar-refractivity contribution < 1.29 is 0 Å². The van der Waals surface area contributed by atoms with Gasteiger partial charge in [-0.1, -0.05) is 52.6 Å². The summed E-state index contributed by atoms with van der Waals surface area (Å²) in [6.45, 7) is 9.88. The molecule has 0 spiro atoms. The zero-order chi connectivity index (χ0) is 13.0. The van der Waals surface area contributed by atoms with E-state index in [-0.39, 0.29) is 0 Å². The third-order valence-electron chi connectivity index (χ3n) is 2.89. The first-order valence-corrected chi connectivity index (χ1v) is 7.74. The Labute approximate surface area is 122 Å². The molecule has 0 fully saturated rings. The van der Waals surface area contributed by atoms with Gasteiger partial charge in [-0.2, -0.15) is 0 Å². The van der Waals surface area contributed by atoms with Crippen molar-refractivity contribution >= 4 is 31.9 Å². The molecule has 96 valence electrons. The molecule has 0 saturated carbocycles. The number of hydrogen-bond acceptors (Lipinski definition) is 1. The molecule has 1 N–H and O–H groups in total. The molecule has 0 radical (unpaired) electrons. The van der Waals surface area contributed by atoms with Crippen LogP contribution in [0.5, 0.6) is 0 Å². The van der Waals surface area contributed by atoms with Crippen molar-refractivity contribution in [1.29, 1.82) is 0 Å². The van der Waals surface area contributed by atoms with Crippen LogP contribution in [-0.4, -0.2) is 6.54 Å². The van der Waals surface area contributed by atoms with Gasteiger partial charge in [0, 0.05) is 15.0 Å². The Morgan fingerprint density at radius 1 is 1.18 bits per heavy atom. The summed E-state index contributed by atoms with van der Waals surface area (Å²) in [4.78, 5) is 0. The van der Waals surface area contributed by atoms with E-state index in [1.807, 2.05) is 0 Å². The Bertz CT molecular complexity index is 375. The summed E-state index contributed by atoms with van der Waals surface area (Å²) >= 11 is 7.30. The molecule has 0 aromatic heterocycles. The molecule has 17 heavy (non-hydrogen) atoms. The third kappa shape index (κ3) is 4.08. The molecule has 0 heterocycles. The highest BCUT2D eigenvalue weighted by molar-refractivity contribution is 9.11. The predicted molar refractivity (Wildman–Crippen MR) is 82.5 cm³/mol. The predicted octanol–water partition coefficient (Wildman–Crippen LogP) is 5.22. The number of halogens is 2. The summed E-state index contributed by atoms with van der Waals surface area (Å²) in [6, 6.07) is 4.82. The molecule has 0 bridgehead atoms. The summed E-state index contributed by atoms with van der Waals surface area (Å²) in [5, 5.41) is 3.62. The van der Waals surface area contributed by atoms with Gasteiger partial charge in [-0.15, -0.1) is 0 Å². The monoisotopic (exact) mass is 361 g/mol. The van der Waals surface area contributed by atoms with E-state index in [9.17, 15) is 0 Å². The molecule has 0 saturated heterocycles. The van der Waals surface area contributed by atoms with Gasteiger partial charge in [0.05, 0.1) is 0 Å². The van der Waals surface area contributed by atoms with Crippen LogP contribution in [0.15, 0.2) is 21.1 Å². The first-order valence-electron chi connectivity index (χ1n) is 6.16. The lowest BCUT2D eigenvalue weighted by Gasteiger charge is -2.24. The average molecular weight is 363 g/mol. The Morgan fingerprint density at radius 3 is 2.35 bits per heavy atom. The van der Waals surface area contributed by atoms with Crippen LogP contribution in [0.3, 0.4) is 0 Å². The zero-order valence-corrected chi connectivity index (χ0v) is 14.2. The SMILES string of the molecule is CCCNC(c1cc(Br)c(C)cc1Br)C(C)C. The smallest absolute Gasteiger partial charge is 0.0354 e. The van der Waals surface area contributed by atoms with Crippen molar-refractivity contribution in [3.8, 4) is 0 Å². The fourth-order valence-electron chi connectivity index (χ4n) is 1.90. The Hall–Kier alpha value is 0.140. The molecule has 1 atom stereocenters. The summed E-state index contributed by atoms with van der Waals surface area (Å²) < 4.78 is 2.38. The van der Waals surface area contributed by atoms with Gasteiger partial charge in [0.25, 0.3) is 0 Å². The van der Waals surface area contributed by atoms with Gasteiger partial charge in [-0.25, -0.2) is 0 Å². The van der Waals surface area contributed by atoms with Gasteiger partial charge in [-0.3, -0.25) is 0 Å². The molecular formula is C14H21Br2N. The third-order valence-corrected chi connectivity index (χ3v) is 4.44. The van der Waals surface area contributed by atoms with Gasteiger partial charge in [0.1, 0.15) is 0 Å². The molecule has 3 heteroatoms. The molecule has 1 unspecified atom stereocenters. The molecular weight excluding hydrogens is 342 g/mol. The standard InChI is InChI=1S/C14H21Br2N/c1-5-6-17-14(9(2)3)11-8-12(15)10(4)7-13(11)16/h7-9,14,17H,5-6H2,1-4H3. The second-order valence-electron chi connectivity index (χ2n) is 4.80. The van der Waals surface area contributed by atoms with Gasteiger partial charge >= 0.3 is 0 Å². The van der Waals surface area contributed by atoms with Crippen molar-refractivity contribution in [2.75, 3.05) is 6.54 Å². The van der Waals surface area contributed by atoms with Gasteiger partial charge in [-0.05, 0) is 49.1 Å². The molecule has 1 rings (SSSR count). The van der Waals surface area contributed by atoms with E-state index >= 15 is 0 Å². The lowest BCUT2D eigenvalue weighted by molar-refractivity contribution is 0.411. The Kier molecular flexibility index (Phi) is 6.18. The highest BCUT2D eigenvalue weighted by Crippen LogP contribution is 2.33. The van der Waals surface area contributed by atoms with Crippen LogP contribution in [0.2, 0.25) is 0 Å². The second kappa shape index (κ2) is 6.91. The van der Waals surface area contributed by atoms with E-state index in [1.54, 1.807) is 0 Å². The van der Waals surface area contributed by atoms with Crippen molar-refractivity contribution in [3.05, 3.63) is 32.2 Å². The zero-order valence-electron chi connectivity index (χ0n) is 11.0. The van der Waals surface area contributed by atoms with Crippen molar-refractivity contribution in [3.63, 3.8) is 0 Å². The maximum Gasteiger partial charge on any atom is 0.0354 e. The first-order chi connectivity index (χ1) is 7.97. The molecule has 0 aliphatic rings. The van der Waals surface area contributed by atoms with Crippen molar-refractivity contribution in [1.82, 2.24) is 5.32 Å². The highest BCUT2D eigenvalue weighted by atomic mass is 79.9. The minimum atomic E-state index is 0.404. The van der Waals surface area contributed by atoms with Crippen LogP contribution < -0.4 is 5.32 Å². The van der Waals surface area contributed by atoms with Gasteiger partial charge in [0.15, 0.2) is 0 Å². The minimum absolute atomic E-state index is 0.404. The molecule has 1 nitrogen and oxygen atoms in total. The normalized spacial score (nSPS) is 13.1. The van der Waals surface area contributed by atoms with Crippen LogP contribution in [0.4, 0.5) is 0 Å². The fourth-order valence-corrected chi connectivity index (χ4v) is 2.97. The van der Waals surface area contributed by atoms with E-state index < -0.39 is 0 Å². The van der Waals surface area contributed by atoms with E-state index in [2.05, 4.69) is 77.0 Å². The number of rotatable bonds is 5. The average Bonchev–Trinajstić information content (AvgIpc) is 2.25. The highest BCUT2D eigenvalue weighted by Gasteiger charge is 2.18. The summed E-state index contributed by atoms with van der Waals surface area (Å²) in [7, 11) is 0. The van der Waals surface area contributed by atoms with E-state index in [0.717, 1.165) is 13.0 Å². The topological polar surface area (TPSA) is 12.0 Å². The second-order valence-corrected chi connectivity index (χ2v) is 6.51. The van der Waals surface area contributed by atoms with Crippen molar-refractivity contribution in [2.45, 2.75) is 40.2 Å². The molecule has 1 aromatic carbocycles. The lowest BCUT2D eigenvalue weighted by Crippen LogP contribution is -2.26. The van der Waals surface area contributed by atoms with E-state index in [1.165, 1.54) is 20.1 Å². The molecule has 0 aliphatic carbocycles. The van der Waals surface area contributed by atoms with Gasteiger partial charge in [0.2, 0.25) is 0 Å². The van der Waals surface area contributed by atoms with Gasteiger partial charge < -0.3 is 5.32 Å². The molecule has 1 aromatic rings. The minimum Gasteiger partial charge on any atom is -0.310 e. The Balaban J connectivity index is 3.05. The number of nitrogens with one attached hydrogen (secondary N) is 1. The van der Waals surface area contributed by atoms with Crippen LogP contribution in [0.1, 0.15) is 44.4 Å². The van der Waals surface area contributed by atoms with Crippen LogP contribution in [-0.2, 0) is 0 Å². The van der Waals surface area contributed by atoms with Crippen LogP contribution >= 0.6 is 31.9 Å². The quantitative estimate of drug-likeness (QED) is 0.757. The van der Waals surface area contributed by atoms with E-state index in [4.69, 9.17) is 0 Å². The Morgan fingerprint density at radius 2 is 1.82 bits per heavy atom. The number of benzene rings is 1.